The zero-order valence-electron chi connectivity index (χ0n) is 19.5. The Bertz CT molecular complexity index is 1430. The predicted octanol–water partition coefficient (Wildman–Crippen LogP) is 7.41. The van der Waals surface area contributed by atoms with Crippen LogP contribution in [0.1, 0.15) is 36.0 Å². The van der Waals surface area contributed by atoms with Gasteiger partial charge in [0.25, 0.3) is 0 Å². The minimum Gasteiger partial charge on any atom is -0.489 e. The summed E-state index contributed by atoms with van der Waals surface area (Å²) in [7, 11) is 0. The number of halogens is 1. The van der Waals surface area contributed by atoms with E-state index in [1.165, 1.54) is 21.2 Å². The fourth-order valence-electron chi connectivity index (χ4n) is 4.29. The molecule has 5 nitrogen and oxygen atoms in total. The lowest BCUT2D eigenvalue weighted by molar-refractivity contribution is 0.306. The van der Waals surface area contributed by atoms with Crippen molar-refractivity contribution in [1.29, 1.82) is 0 Å². The minimum absolute atomic E-state index is 0.0122. The van der Waals surface area contributed by atoms with Crippen LogP contribution in [0.25, 0.3) is 21.2 Å². The summed E-state index contributed by atoms with van der Waals surface area (Å²) in [5.74, 6) is 7.21. The van der Waals surface area contributed by atoms with E-state index in [0.717, 1.165) is 33.2 Å². The van der Waals surface area contributed by atoms with Crippen molar-refractivity contribution in [3.8, 4) is 28.7 Å². The molecule has 3 aromatic carbocycles. The van der Waals surface area contributed by atoms with Crippen molar-refractivity contribution in [1.82, 2.24) is 10.9 Å². The first kappa shape index (κ1) is 23.2. The first-order valence-corrected chi connectivity index (χ1v) is 12.6. The molecule has 0 bridgehead atoms. The highest BCUT2D eigenvalue weighted by Crippen LogP contribution is 2.43. The molecule has 0 radical (unpaired) electrons. The maximum absolute atomic E-state index is 6.68. The zero-order chi connectivity index (χ0) is 24.2. The quantitative estimate of drug-likeness (QED) is 0.260. The third-order valence-corrected chi connectivity index (χ3v) is 7.46. The highest BCUT2D eigenvalue weighted by atomic mass is 35.5. The number of fused-ring (bicyclic) bond motifs is 1. The van der Waals surface area contributed by atoms with Crippen molar-refractivity contribution < 1.29 is 4.74 Å². The number of ether oxygens (including phenoxy) is 1. The van der Waals surface area contributed by atoms with Crippen LogP contribution in [0.4, 0.5) is 0 Å². The molecule has 176 valence electrons. The van der Waals surface area contributed by atoms with Crippen molar-refractivity contribution in [2.75, 3.05) is 0 Å². The van der Waals surface area contributed by atoms with Gasteiger partial charge < -0.3 is 4.74 Å². The van der Waals surface area contributed by atoms with Crippen molar-refractivity contribution >= 4 is 33.0 Å². The molecule has 0 aliphatic carbocycles. The maximum Gasteiger partial charge on any atom is 0.133 e. The van der Waals surface area contributed by atoms with E-state index < -0.39 is 0 Å². The normalized spacial score (nSPS) is 13.7. The molecule has 1 aromatic heterocycles. The van der Waals surface area contributed by atoms with Gasteiger partial charge in [-0.2, -0.15) is 0 Å². The number of hydrogen-bond donors (Lipinski definition) is 2. The summed E-state index contributed by atoms with van der Waals surface area (Å²) in [6.45, 7) is 4.46. The number of thiophene rings is 1. The summed E-state index contributed by atoms with van der Waals surface area (Å²) < 4.78 is 8.12. The Labute approximate surface area is 214 Å². The summed E-state index contributed by atoms with van der Waals surface area (Å²) >= 11 is 8.29. The highest BCUT2D eigenvalue weighted by Gasteiger charge is 2.19. The Morgan fingerprint density at radius 3 is 2.57 bits per heavy atom. The molecule has 7 heteroatoms. The SMILES string of the molecule is CC#C[C@@H](CC1NN=NN1)c1ccc(OCc2ccc3sc(Cl)c(-c4ccccc4C)c3c2)cc1. The fraction of sp³-hybridized carbons (Fsp3) is 0.214. The molecule has 5 rings (SSSR count). The van der Waals surface area contributed by atoms with Crippen LogP contribution in [0.15, 0.2) is 77.2 Å². The van der Waals surface area contributed by atoms with Crippen molar-refractivity contribution in [3.63, 3.8) is 0 Å². The molecule has 0 unspecified atom stereocenters. The second-order valence-electron chi connectivity index (χ2n) is 8.45. The predicted molar refractivity (Wildman–Crippen MR) is 144 cm³/mol. The number of rotatable bonds is 7. The van der Waals surface area contributed by atoms with Crippen LogP contribution in [0.5, 0.6) is 5.75 Å². The largest absolute Gasteiger partial charge is 0.489 e. The third kappa shape index (κ3) is 5.12. The van der Waals surface area contributed by atoms with Gasteiger partial charge in [0.1, 0.15) is 22.9 Å². The van der Waals surface area contributed by atoms with Gasteiger partial charge in [-0.05, 0) is 60.4 Å². The number of benzene rings is 3. The van der Waals surface area contributed by atoms with Crippen LogP contribution in [0.3, 0.4) is 0 Å². The molecule has 2 heterocycles. The Hall–Kier alpha value is -3.53. The first-order valence-electron chi connectivity index (χ1n) is 11.4. The van der Waals surface area contributed by atoms with E-state index in [0.29, 0.717) is 6.61 Å². The van der Waals surface area contributed by atoms with E-state index in [1.54, 1.807) is 11.3 Å². The Balaban J connectivity index is 1.31. The molecule has 2 N–H and O–H groups in total. The Morgan fingerprint density at radius 1 is 1.06 bits per heavy atom. The molecule has 0 spiro atoms. The molecule has 0 saturated heterocycles. The molecule has 0 fully saturated rings. The Morgan fingerprint density at radius 2 is 1.83 bits per heavy atom. The van der Waals surface area contributed by atoms with Gasteiger partial charge in [-0.3, -0.25) is 10.9 Å². The Kier molecular flexibility index (Phi) is 6.89. The maximum atomic E-state index is 6.68. The summed E-state index contributed by atoms with van der Waals surface area (Å²) in [6, 6.07) is 22.9. The van der Waals surface area contributed by atoms with Crippen LogP contribution < -0.4 is 15.6 Å². The summed E-state index contributed by atoms with van der Waals surface area (Å²) in [6.07, 6.45) is 0.752. The number of hydrogen-bond acceptors (Lipinski definition) is 6. The van der Waals surface area contributed by atoms with Crippen molar-refractivity contribution in [3.05, 3.63) is 87.8 Å². The number of nitrogens with one attached hydrogen (secondary N) is 2. The second-order valence-corrected chi connectivity index (χ2v) is 10.1. The van der Waals surface area contributed by atoms with E-state index in [2.05, 4.69) is 94.7 Å². The van der Waals surface area contributed by atoms with Crippen LogP contribution in [0.2, 0.25) is 4.34 Å². The standard InChI is InChI=1S/C28H25ClN4OS/c1-3-6-21(16-26-30-32-33-31-26)20-10-12-22(13-11-20)34-17-19-9-14-25-24(15-19)27(28(29)35-25)23-8-5-4-7-18(23)2/h4-5,7-15,21,26H,16-17H2,1-2H3,(H,30,33)(H,31,32)/t21-/m0/s1. The monoisotopic (exact) mass is 500 g/mol. The summed E-state index contributed by atoms with van der Waals surface area (Å²) in [5, 5.41) is 8.72. The molecular weight excluding hydrogens is 476 g/mol. The van der Waals surface area contributed by atoms with Crippen LogP contribution in [-0.2, 0) is 6.61 Å². The van der Waals surface area contributed by atoms with Crippen LogP contribution >= 0.6 is 22.9 Å². The van der Waals surface area contributed by atoms with E-state index in [9.17, 15) is 0 Å². The lowest BCUT2D eigenvalue weighted by Gasteiger charge is -2.16. The van der Waals surface area contributed by atoms with Crippen molar-refractivity contribution in [2.45, 2.75) is 39.0 Å². The van der Waals surface area contributed by atoms with Gasteiger partial charge in [0, 0.05) is 28.0 Å². The molecular formula is C28H25ClN4OS. The van der Waals surface area contributed by atoms with Gasteiger partial charge >= 0.3 is 0 Å². The minimum atomic E-state index is -0.0122. The van der Waals surface area contributed by atoms with E-state index in [4.69, 9.17) is 16.3 Å². The average molecular weight is 501 g/mol. The first-order chi connectivity index (χ1) is 17.1. The molecule has 4 aromatic rings. The van der Waals surface area contributed by atoms with Crippen molar-refractivity contribution in [2.24, 2.45) is 10.4 Å². The summed E-state index contributed by atoms with van der Waals surface area (Å²) in [5.41, 5.74) is 11.6. The topological polar surface area (TPSA) is 58.0 Å². The smallest absolute Gasteiger partial charge is 0.133 e. The third-order valence-electron chi connectivity index (χ3n) is 6.08. The molecule has 1 atom stereocenters. The van der Waals surface area contributed by atoms with Crippen LogP contribution in [0, 0.1) is 18.8 Å². The molecule has 1 aliphatic rings. The van der Waals surface area contributed by atoms with Gasteiger partial charge in [-0.1, -0.05) is 70.4 Å². The fourth-order valence-corrected chi connectivity index (χ4v) is 5.67. The molecule has 0 amide bonds. The average Bonchev–Trinajstić information content (AvgIpc) is 3.50. The molecule has 0 saturated carbocycles. The molecule has 35 heavy (non-hydrogen) atoms. The van der Waals surface area contributed by atoms with E-state index >= 15 is 0 Å². The zero-order valence-corrected chi connectivity index (χ0v) is 21.1. The van der Waals surface area contributed by atoms with Gasteiger partial charge in [0.2, 0.25) is 0 Å². The second kappa shape index (κ2) is 10.4. The lowest BCUT2D eigenvalue weighted by atomic mass is 9.95. The van der Waals surface area contributed by atoms with E-state index in [1.807, 2.05) is 19.1 Å². The lowest BCUT2D eigenvalue weighted by Crippen LogP contribution is -2.32. The van der Waals surface area contributed by atoms with Gasteiger partial charge in [-0.25, -0.2) is 0 Å². The van der Waals surface area contributed by atoms with Gasteiger partial charge in [-0.15, -0.1) is 17.3 Å². The van der Waals surface area contributed by atoms with Crippen LogP contribution in [-0.4, -0.2) is 6.17 Å². The number of nitrogens with zero attached hydrogens (tertiary/aromatic N) is 2. The molecule has 1 aliphatic heterocycles. The van der Waals surface area contributed by atoms with Gasteiger partial charge in [0.05, 0.1) is 0 Å². The highest BCUT2D eigenvalue weighted by molar-refractivity contribution is 7.23. The van der Waals surface area contributed by atoms with Gasteiger partial charge in [0.15, 0.2) is 0 Å². The number of aryl methyl sites for hydroxylation is 1. The summed E-state index contributed by atoms with van der Waals surface area (Å²) in [4.78, 5) is 0. The van der Waals surface area contributed by atoms with E-state index in [-0.39, 0.29) is 12.1 Å².